The Morgan fingerprint density at radius 1 is 1.14 bits per heavy atom. The Hall–Kier alpha value is -3.55. The van der Waals surface area contributed by atoms with Crippen LogP contribution in [0.25, 0.3) is 0 Å². The van der Waals surface area contributed by atoms with Crippen LogP contribution < -0.4 is 5.32 Å². The summed E-state index contributed by atoms with van der Waals surface area (Å²) >= 11 is 0. The highest BCUT2D eigenvalue weighted by molar-refractivity contribution is 5.91. The number of esters is 1. The van der Waals surface area contributed by atoms with Crippen molar-refractivity contribution in [2.45, 2.75) is 6.04 Å². The Balaban J connectivity index is 1.69. The fourth-order valence-electron chi connectivity index (χ4n) is 2.69. The first-order chi connectivity index (χ1) is 13.4. The van der Waals surface area contributed by atoms with Gasteiger partial charge in [0.2, 0.25) is 0 Å². The van der Waals surface area contributed by atoms with Crippen LogP contribution in [0.1, 0.15) is 27.8 Å². The zero-order valence-corrected chi connectivity index (χ0v) is 14.9. The maximum absolute atomic E-state index is 13.2. The van der Waals surface area contributed by atoms with Gasteiger partial charge in [-0.25, -0.2) is 18.6 Å². The fourth-order valence-corrected chi connectivity index (χ4v) is 2.69. The van der Waals surface area contributed by atoms with E-state index in [1.54, 1.807) is 24.0 Å². The maximum atomic E-state index is 13.2. The van der Waals surface area contributed by atoms with Crippen molar-refractivity contribution >= 4 is 11.9 Å². The summed E-state index contributed by atoms with van der Waals surface area (Å²) in [5, 5.41) is 2.76. The Kier molecular flexibility index (Phi) is 5.78. The number of nitrogens with zero attached hydrogens (tertiary/aromatic N) is 2. The Bertz CT molecular complexity index is 969. The molecule has 28 heavy (non-hydrogen) atoms. The van der Waals surface area contributed by atoms with E-state index in [4.69, 9.17) is 4.74 Å². The molecule has 1 atom stereocenters. The molecule has 3 rings (SSSR count). The van der Waals surface area contributed by atoms with Crippen LogP contribution in [0.3, 0.4) is 0 Å². The molecule has 1 N–H and O–H groups in total. The average molecular weight is 385 g/mol. The fraction of sp³-hybridized carbons (Fsp3) is 0.150. The van der Waals surface area contributed by atoms with E-state index in [-0.39, 0.29) is 5.56 Å². The molecule has 1 heterocycles. The number of rotatable bonds is 6. The lowest BCUT2D eigenvalue weighted by Gasteiger charge is -2.19. The van der Waals surface area contributed by atoms with Crippen LogP contribution in [-0.4, -0.2) is 28.0 Å². The summed E-state index contributed by atoms with van der Waals surface area (Å²) in [6.07, 6.45) is 3.35. The molecule has 0 unspecified atom stereocenters. The Morgan fingerprint density at radius 3 is 2.43 bits per heavy atom. The molecule has 0 aliphatic heterocycles. The van der Waals surface area contributed by atoms with E-state index in [2.05, 4.69) is 10.3 Å². The standard InChI is InChI=1S/C20H17F2N3O3/c1-25-8-7-23-19(25)18(13-5-3-2-4-6-13)24-17(26)12-28-20(27)14-9-15(21)11-16(22)10-14/h2-11,18H,12H2,1H3,(H,24,26)/t18-/m0/s1. The number of hydrogen-bond donors (Lipinski definition) is 1. The number of aromatic nitrogens is 2. The summed E-state index contributed by atoms with van der Waals surface area (Å²) in [6, 6.07) is 10.9. The third-order valence-electron chi connectivity index (χ3n) is 3.99. The van der Waals surface area contributed by atoms with Gasteiger partial charge in [-0.3, -0.25) is 4.79 Å². The SMILES string of the molecule is Cn1ccnc1[C@@H](NC(=O)COC(=O)c1cc(F)cc(F)c1)c1ccccc1. The third kappa shape index (κ3) is 4.59. The zero-order chi connectivity index (χ0) is 20.1. The van der Waals surface area contributed by atoms with Crippen molar-refractivity contribution in [2.24, 2.45) is 7.05 Å². The molecule has 1 aromatic heterocycles. The first kappa shape index (κ1) is 19.2. The summed E-state index contributed by atoms with van der Waals surface area (Å²) in [4.78, 5) is 28.5. The van der Waals surface area contributed by atoms with E-state index >= 15 is 0 Å². The van der Waals surface area contributed by atoms with Gasteiger partial charge in [-0.05, 0) is 17.7 Å². The molecule has 0 aliphatic rings. The minimum atomic E-state index is -0.998. The molecule has 0 aliphatic carbocycles. The predicted molar refractivity (Wildman–Crippen MR) is 96.3 cm³/mol. The minimum Gasteiger partial charge on any atom is -0.452 e. The molecule has 0 spiro atoms. The van der Waals surface area contributed by atoms with Crippen molar-refractivity contribution in [2.75, 3.05) is 6.61 Å². The number of halogens is 2. The smallest absolute Gasteiger partial charge is 0.338 e. The zero-order valence-electron chi connectivity index (χ0n) is 14.9. The van der Waals surface area contributed by atoms with Gasteiger partial charge in [0.25, 0.3) is 5.91 Å². The minimum absolute atomic E-state index is 0.311. The van der Waals surface area contributed by atoms with Crippen LogP contribution in [0, 0.1) is 11.6 Å². The summed E-state index contributed by atoms with van der Waals surface area (Å²) < 4.78 is 33.0. The molecule has 0 fully saturated rings. The normalized spacial score (nSPS) is 11.7. The lowest BCUT2D eigenvalue weighted by Crippen LogP contribution is -2.34. The van der Waals surface area contributed by atoms with Crippen molar-refractivity contribution in [1.29, 1.82) is 0 Å². The number of ether oxygens (including phenoxy) is 1. The molecule has 0 bridgehead atoms. The van der Waals surface area contributed by atoms with Gasteiger partial charge >= 0.3 is 5.97 Å². The molecule has 1 amide bonds. The van der Waals surface area contributed by atoms with Crippen LogP contribution >= 0.6 is 0 Å². The molecular formula is C20H17F2N3O3. The lowest BCUT2D eigenvalue weighted by molar-refractivity contribution is -0.124. The number of hydrogen-bond acceptors (Lipinski definition) is 4. The number of nitrogens with one attached hydrogen (secondary N) is 1. The highest BCUT2D eigenvalue weighted by Gasteiger charge is 2.21. The van der Waals surface area contributed by atoms with Gasteiger partial charge in [0, 0.05) is 25.5 Å². The summed E-state index contributed by atoms with van der Waals surface area (Å²) in [6.45, 7) is -0.606. The largest absolute Gasteiger partial charge is 0.452 e. The van der Waals surface area contributed by atoms with Gasteiger partial charge in [0.05, 0.1) is 5.56 Å². The number of benzene rings is 2. The Morgan fingerprint density at radius 2 is 1.82 bits per heavy atom. The molecule has 0 saturated carbocycles. The summed E-state index contributed by atoms with van der Waals surface area (Å²) in [5.74, 6) is -2.80. The Labute approximate surface area is 159 Å². The van der Waals surface area contributed by atoms with E-state index in [9.17, 15) is 18.4 Å². The average Bonchev–Trinajstić information content (AvgIpc) is 3.09. The molecule has 2 aromatic carbocycles. The second-order valence-corrected chi connectivity index (χ2v) is 6.04. The van der Waals surface area contributed by atoms with Gasteiger partial charge < -0.3 is 14.6 Å². The van der Waals surface area contributed by atoms with Crippen LogP contribution in [0.5, 0.6) is 0 Å². The van der Waals surface area contributed by atoms with Crippen molar-refractivity contribution in [3.63, 3.8) is 0 Å². The van der Waals surface area contributed by atoms with Crippen molar-refractivity contribution in [1.82, 2.24) is 14.9 Å². The molecule has 144 valence electrons. The molecule has 6 nitrogen and oxygen atoms in total. The van der Waals surface area contributed by atoms with Crippen molar-refractivity contribution < 1.29 is 23.1 Å². The number of aryl methyl sites for hydroxylation is 1. The van der Waals surface area contributed by atoms with Gasteiger partial charge in [-0.2, -0.15) is 0 Å². The highest BCUT2D eigenvalue weighted by Crippen LogP contribution is 2.20. The summed E-state index contributed by atoms with van der Waals surface area (Å²) in [7, 11) is 1.79. The van der Waals surface area contributed by atoms with E-state index in [0.29, 0.717) is 11.9 Å². The number of amides is 1. The lowest BCUT2D eigenvalue weighted by atomic mass is 10.1. The molecule has 0 saturated heterocycles. The van der Waals surface area contributed by atoms with E-state index < -0.39 is 36.2 Å². The summed E-state index contributed by atoms with van der Waals surface area (Å²) in [5.41, 5.74) is 0.484. The topological polar surface area (TPSA) is 73.2 Å². The van der Waals surface area contributed by atoms with E-state index in [1.165, 1.54) is 0 Å². The van der Waals surface area contributed by atoms with E-state index in [0.717, 1.165) is 17.7 Å². The molecule has 3 aromatic rings. The van der Waals surface area contributed by atoms with Crippen molar-refractivity contribution in [3.8, 4) is 0 Å². The molecule has 8 heteroatoms. The maximum Gasteiger partial charge on any atom is 0.338 e. The number of carbonyl (C=O) groups is 2. The van der Waals surface area contributed by atoms with E-state index in [1.807, 2.05) is 30.3 Å². The molecular weight excluding hydrogens is 368 g/mol. The third-order valence-corrected chi connectivity index (χ3v) is 3.99. The van der Waals surface area contributed by atoms with Crippen molar-refractivity contribution in [3.05, 3.63) is 89.5 Å². The first-order valence-electron chi connectivity index (χ1n) is 8.39. The number of imidazole rings is 1. The molecule has 0 radical (unpaired) electrons. The van der Waals surface area contributed by atoms with Gasteiger partial charge in [-0.15, -0.1) is 0 Å². The van der Waals surface area contributed by atoms with Gasteiger partial charge in [0.1, 0.15) is 23.5 Å². The first-order valence-corrected chi connectivity index (χ1v) is 8.39. The quantitative estimate of drug-likeness (QED) is 0.663. The predicted octanol–water partition coefficient (Wildman–Crippen LogP) is 2.76. The van der Waals surface area contributed by atoms with Gasteiger partial charge in [-0.1, -0.05) is 30.3 Å². The van der Waals surface area contributed by atoms with Gasteiger partial charge in [0.15, 0.2) is 6.61 Å². The number of carbonyl (C=O) groups excluding carboxylic acids is 2. The van der Waals surface area contributed by atoms with Crippen LogP contribution in [-0.2, 0) is 16.6 Å². The monoisotopic (exact) mass is 385 g/mol. The second-order valence-electron chi connectivity index (χ2n) is 6.04. The van der Waals surface area contributed by atoms with Crippen LogP contribution in [0.15, 0.2) is 60.9 Å². The van der Waals surface area contributed by atoms with Crippen LogP contribution in [0.4, 0.5) is 8.78 Å². The van der Waals surface area contributed by atoms with Crippen LogP contribution in [0.2, 0.25) is 0 Å². The second kappa shape index (κ2) is 8.43. The highest BCUT2D eigenvalue weighted by atomic mass is 19.1.